The molecule has 0 aromatic heterocycles. The van der Waals surface area contributed by atoms with Crippen LogP contribution in [-0.4, -0.2) is 49.7 Å². The van der Waals surface area contributed by atoms with Gasteiger partial charge in [-0.1, -0.05) is 54.1 Å². The Labute approximate surface area is 193 Å². The third-order valence-corrected chi connectivity index (χ3v) is 7.84. The number of benzene rings is 3. The molecule has 0 unspecified atom stereocenters. The van der Waals surface area contributed by atoms with E-state index < -0.39 is 10.0 Å². The standard InChI is InChI=1S/C24H24ClN3O3S/c25-22-8-4-5-9-23(22)32(30,31)28-16-14-27(15-17-28)18-19-10-12-20(13-11-19)24(29)26-21-6-2-1-3-7-21/h1-13H,14-18H2,(H,26,29). The van der Waals surface area contributed by atoms with Crippen molar-refractivity contribution in [2.75, 3.05) is 31.5 Å². The Morgan fingerprint density at radius 2 is 1.47 bits per heavy atom. The van der Waals surface area contributed by atoms with Crippen LogP contribution < -0.4 is 5.32 Å². The lowest BCUT2D eigenvalue weighted by molar-refractivity contribution is 0.102. The summed E-state index contributed by atoms with van der Waals surface area (Å²) >= 11 is 6.10. The monoisotopic (exact) mass is 469 g/mol. The van der Waals surface area contributed by atoms with Crippen molar-refractivity contribution in [3.8, 4) is 0 Å². The van der Waals surface area contributed by atoms with Crippen molar-refractivity contribution in [1.29, 1.82) is 0 Å². The van der Waals surface area contributed by atoms with Gasteiger partial charge in [0.05, 0.1) is 5.02 Å². The van der Waals surface area contributed by atoms with E-state index in [4.69, 9.17) is 11.6 Å². The second-order valence-electron chi connectivity index (χ2n) is 7.63. The van der Waals surface area contributed by atoms with Gasteiger partial charge in [-0.2, -0.15) is 4.31 Å². The molecular weight excluding hydrogens is 446 g/mol. The predicted octanol–water partition coefficient (Wildman–Crippen LogP) is 4.10. The lowest BCUT2D eigenvalue weighted by atomic mass is 10.1. The Morgan fingerprint density at radius 3 is 2.12 bits per heavy atom. The number of hydrogen-bond donors (Lipinski definition) is 1. The first-order valence-electron chi connectivity index (χ1n) is 10.4. The molecule has 3 aromatic rings. The number of amides is 1. The van der Waals surface area contributed by atoms with Gasteiger partial charge < -0.3 is 5.32 Å². The molecular formula is C24H24ClN3O3S. The molecule has 4 rings (SSSR count). The van der Waals surface area contributed by atoms with E-state index in [1.54, 1.807) is 24.3 Å². The Hall–Kier alpha value is -2.71. The molecule has 1 aliphatic rings. The molecule has 0 bridgehead atoms. The van der Waals surface area contributed by atoms with Crippen molar-refractivity contribution in [2.45, 2.75) is 11.4 Å². The highest BCUT2D eigenvalue weighted by Gasteiger charge is 2.29. The van der Waals surface area contributed by atoms with Crippen LogP contribution in [-0.2, 0) is 16.6 Å². The fourth-order valence-electron chi connectivity index (χ4n) is 3.67. The zero-order valence-electron chi connectivity index (χ0n) is 17.4. The number of para-hydroxylation sites is 1. The summed E-state index contributed by atoms with van der Waals surface area (Å²) < 4.78 is 27.3. The maximum absolute atomic E-state index is 12.9. The summed E-state index contributed by atoms with van der Waals surface area (Å²) in [5.41, 5.74) is 2.42. The summed E-state index contributed by atoms with van der Waals surface area (Å²) in [7, 11) is -3.60. The number of sulfonamides is 1. The van der Waals surface area contributed by atoms with Crippen LogP contribution in [0.5, 0.6) is 0 Å². The smallest absolute Gasteiger partial charge is 0.255 e. The van der Waals surface area contributed by atoms with Gasteiger partial charge in [0.2, 0.25) is 10.0 Å². The molecule has 3 aromatic carbocycles. The van der Waals surface area contributed by atoms with Gasteiger partial charge >= 0.3 is 0 Å². The van der Waals surface area contributed by atoms with Crippen LogP contribution in [0, 0.1) is 0 Å². The molecule has 32 heavy (non-hydrogen) atoms. The number of hydrogen-bond acceptors (Lipinski definition) is 4. The molecule has 0 saturated carbocycles. The van der Waals surface area contributed by atoms with Crippen LogP contribution in [0.2, 0.25) is 5.02 Å². The van der Waals surface area contributed by atoms with Gasteiger partial charge in [0, 0.05) is 44.0 Å². The number of anilines is 1. The Kier molecular flexibility index (Phi) is 6.91. The van der Waals surface area contributed by atoms with Crippen LogP contribution in [0.1, 0.15) is 15.9 Å². The minimum atomic E-state index is -3.60. The number of nitrogens with one attached hydrogen (secondary N) is 1. The van der Waals surface area contributed by atoms with Gasteiger partial charge in [0.1, 0.15) is 4.90 Å². The van der Waals surface area contributed by atoms with Crippen molar-refractivity contribution >= 4 is 33.2 Å². The second-order valence-corrected chi connectivity index (χ2v) is 9.94. The molecule has 1 N–H and O–H groups in total. The SMILES string of the molecule is O=C(Nc1ccccc1)c1ccc(CN2CCN(S(=O)(=O)c3ccccc3Cl)CC2)cc1. The van der Waals surface area contributed by atoms with Crippen molar-refractivity contribution in [3.05, 3.63) is 95.0 Å². The molecule has 6 nitrogen and oxygen atoms in total. The summed E-state index contributed by atoms with van der Waals surface area (Å²) in [6, 6.07) is 23.4. The topological polar surface area (TPSA) is 69.7 Å². The van der Waals surface area contributed by atoms with E-state index >= 15 is 0 Å². The van der Waals surface area contributed by atoms with E-state index in [9.17, 15) is 13.2 Å². The van der Waals surface area contributed by atoms with Gasteiger partial charge in [-0.25, -0.2) is 8.42 Å². The molecule has 1 fully saturated rings. The van der Waals surface area contributed by atoms with E-state index in [1.165, 1.54) is 4.31 Å². The summed E-state index contributed by atoms with van der Waals surface area (Å²) in [6.45, 7) is 2.76. The average Bonchev–Trinajstić information content (AvgIpc) is 2.81. The third kappa shape index (κ3) is 5.19. The van der Waals surface area contributed by atoms with Crippen LogP contribution in [0.3, 0.4) is 0 Å². The number of nitrogens with zero attached hydrogens (tertiary/aromatic N) is 2. The average molecular weight is 470 g/mol. The molecule has 166 valence electrons. The fraction of sp³-hybridized carbons (Fsp3) is 0.208. The minimum absolute atomic E-state index is 0.152. The zero-order chi connectivity index (χ0) is 22.6. The van der Waals surface area contributed by atoms with Gasteiger partial charge in [0.25, 0.3) is 5.91 Å². The maximum atomic E-state index is 12.9. The first-order chi connectivity index (χ1) is 15.4. The van der Waals surface area contributed by atoms with Crippen molar-refractivity contribution in [2.24, 2.45) is 0 Å². The number of rotatable bonds is 6. The number of carbonyl (C=O) groups is 1. The minimum Gasteiger partial charge on any atom is -0.322 e. The Balaban J connectivity index is 1.32. The quantitative estimate of drug-likeness (QED) is 0.590. The Bertz CT molecular complexity index is 1180. The zero-order valence-corrected chi connectivity index (χ0v) is 19.0. The van der Waals surface area contributed by atoms with Gasteiger partial charge in [-0.3, -0.25) is 9.69 Å². The number of carbonyl (C=O) groups excluding carboxylic acids is 1. The van der Waals surface area contributed by atoms with Crippen LogP contribution in [0.15, 0.2) is 83.8 Å². The Morgan fingerprint density at radius 1 is 0.844 bits per heavy atom. The summed E-state index contributed by atoms with van der Waals surface area (Å²) in [4.78, 5) is 14.8. The highest BCUT2D eigenvalue weighted by Crippen LogP contribution is 2.25. The molecule has 1 aliphatic heterocycles. The van der Waals surface area contributed by atoms with Crippen LogP contribution in [0.4, 0.5) is 5.69 Å². The number of halogens is 1. The first-order valence-corrected chi connectivity index (χ1v) is 12.2. The largest absolute Gasteiger partial charge is 0.322 e. The van der Waals surface area contributed by atoms with Gasteiger partial charge in [-0.15, -0.1) is 0 Å². The molecule has 0 aliphatic carbocycles. The van der Waals surface area contributed by atoms with Crippen molar-refractivity contribution in [3.63, 3.8) is 0 Å². The lowest BCUT2D eigenvalue weighted by Gasteiger charge is -2.34. The molecule has 1 saturated heterocycles. The van der Waals surface area contributed by atoms with E-state index in [0.29, 0.717) is 38.3 Å². The highest BCUT2D eigenvalue weighted by molar-refractivity contribution is 7.89. The van der Waals surface area contributed by atoms with Crippen molar-refractivity contribution in [1.82, 2.24) is 9.21 Å². The fourth-order valence-corrected chi connectivity index (χ4v) is 5.58. The maximum Gasteiger partial charge on any atom is 0.255 e. The predicted molar refractivity (Wildman–Crippen MR) is 126 cm³/mol. The van der Waals surface area contributed by atoms with E-state index in [1.807, 2.05) is 54.6 Å². The van der Waals surface area contributed by atoms with E-state index in [2.05, 4.69) is 10.2 Å². The molecule has 0 atom stereocenters. The molecule has 1 heterocycles. The lowest BCUT2D eigenvalue weighted by Crippen LogP contribution is -2.48. The van der Waals surface area contributed by atoms with E-state index in [0.717, 1.165) is 11.3 Å². The van der Waals surface area contributed by atoms with Crippen LogP contribution in [0.25, 0.3) is 0 Å². The first kappa shape index (κ1) is 22.5. The van der Waals surface area contributed by atoms with E-state index in [-0.39, 0.29) is 15.8 Å². The van der Waals surface area contributed by atoms with Crippen molar-refractivity contribution < 1.29 is 13.2 Å². The van der Waals surface area contributed by atoms with Gasteiger partial charge in [-0.05, 0) is 42.0 Å². The third-order valence-electron chi connectivity index (χ3n) is 5.44. The summed E-state index contributed by atoms with van der Waals surface area (Å²) in [5.74, 6) is -0.152. The summed E-state index contributed by atoms with van der Waals surface area (Å²) in [6.07, 6.45) is 0. The van der Waals surface area contributed by atoms with Gasteiger partial charge in [0.15, 0.2) is 0 Å². The molecule has 1 amide bonds. The number of piperazine rings is 1. The molecule has 8 heteroatoms. The molecule has 0 spiro atoms. The second kappa shape index (κ2) is 9.83. The summed E-state index contributed by atoms with van der Waals surface area (Å²) in [5, 5.41) is 3.12. The van der Waals surface area contributed by atoms with Crippen LogP contribution >= 0.6 is 11.6 Å². The normalized spacial score (nSPS) is 15.4. The highest BCUT2D eigenvalue weighted by atomic mass is 35.5. The molecule has 0 radical (unpaired) electrons.